The minimum absolute atomic E-state index is 0.0354. The van der Waals surface area contributed by atoms with Crippen LogP contribution in [0.15, 0.2) is 54.6 Å². The first kappa shape index (κ1) is 17.6. The van der Waals surface area contributed by atoms with E-state index >= 15 is 0 Å². The first-order chi connectivity index (χ1) is 12.1. The molecule has 3 aromatic rings. The van der Waals surface area contributed by atoms with Gasteiger partial charge >= 0.3 is 0 Å². The SMILES string of the molecule is CNCCNC(=O)C(C)(Cc1nc2ccccc2s1)c1ccccc1. The summed E-state index contributed by atoms with van der Waals surface area (Å²) in [5.74, 6) is 0.0354. The van der Waals surface area contributed by atoms with E-state index < -0.39 is 5.41 Å². The van der Waals surface area contributed by atoms with Crippen molar-refractivity contribution in [1.82, 2.24) is 15.6 Å². The summed E-state index contributed by atoms with van der Waals surface area (Å²) in [6.45, 7) is 3.36. The van der Waals surface area contributed by atoms with Crippen LogP contribution in [0.4, 0.5) is 0 Å². The fourth-order valence-corrected chi connectivity index (χ4v) is 4.04. The molecule has 0 bridgehead atoms. The summed E-state index contributed by atoms with van der Waals surface area (Å²) < 4.78 is 1.16. The Bertz CT molecular complexity index is 813. The molecule has 0 radical (unpaired) electrons. The minimum atomic E-state index is -0.650. The molecule has 1 atom stereocenters. The van der Waals surface area contributed by atoms with Gasteiger partial charge in [-0.25, -0.2) is 4.98 Å². The van der Waals surface area contributed by atoms with Gasteiger partial charge in [0.05, 0.1) is 20.6 Å². The number of aromatic nitrogens is 1. The molecular formula is C20H23N3OS. The topological polar surface area (TPSA) is 54.0 Å². The van der Waals surface area contributed by atoms with Gasteiger partial charge in [0, 0.05) is 19.5 Å². The second kappa shape index (κ2) is 7.76. The molecule has 0 spiro atoms. The molecule has 1 aromatic heterocycles. The van der Waals surface area contributed by atoms with Crippen LogP contribution in [0.1, 0.15) is 17.5 Å². The molecule has 2 N–H and O–H groups in total. The summed E-state index contributed by atoms with van der Waals surface area (Å²) in [7, 11) is 1.88. The summed E-state index contributed by atoms with van der Waals surface area (Å²) in [6.07, 6.45) is 0.585. The zero-order valence-corrected chi connectivity index (χ0v) is 15.4. The lowest BCUT2D eigenvalue weighted by Gasteiger charge is -2.28. The Morgan fingerprint density at radius 1 is 1.08 bits per heavy atom. The predicted octanol–water partition coefficient (Wildman–Crippen LogP) is 3.13. The molecule has 1 amide bonds. The first-order valence-electron chi connectivity index (χ1n) is 8.46. The summed E-state index contributed by atoms with van der Waals surface area (Å²) >= 11 is 1.66. The monoisotopic (exact) mass is 353 g/mol. The van der Waals surface area contributed by atoms with E-state index in [1.54, 1.807) is 11.3 Å². The van der Waals surface area contributed by atoms with Crippen molar-refractivity contribution in [3.8, 4) is 0 Å². The molecule has 0 aliphatic carbocycles. The highest BCUT2D eigenvalue weighted by Gasteiger charge is 2.36. The molecule has 2 aromatic carbocycles. The van der Waals surface area contributed by atoms with Crippen LogP contribution >= 0.6 is 11.3 Å². The quantitative estimate of drug-likeness (QED) is 0.642. The van der Waals surface area contributed by atoms with Gasteiger partial charge in [0.25, 0.3) is 0 Å². The van der Waals surface area contributed by atoms with Crippen LogP contribution in [0.2, 0.25) is 0 Å². The van der Waals surface area contributed by atoms with Crippen molar-refractivity contribution in [2.24, 2.45) is 0 Å². The van der Waals surface area contributed by atoms with E-state index in [4.69, 9.17) is 4.98 Å². The van der Waals surface area contributed by atoms with Crippen molar-refractivity contribution in [1.29, 1.82) is 0 Å². The molecule has 0 aliphatic heterocycles. The maximum atomic E-state index is 13.0. The maximum absolute atomic E-state index is 13.0. The second-order valence-corrected chi connectivity index (χ2v) is 7.42. The van der Waals surface area contributed by atoms with Crippen LogP contribution in [0.25, 0.3) is 10.2 Å². The largest absolute Gasteiger partial charge is 0.354 e. The molecule has 0 aliphatic rings. The Morgan fingerprint density at radius 2 is 1.80 bits per heavy atom. The van der Waals surface area contributed by atoms with Crippen LogP contribution in [0, 0.1) is 0 Å². The van der Waals surface area contributed by atoms with Gasteiger partial charge in [0.1, 0.15) is 0 Å². The van der Waals surface area contributed by atoms with Crippen LogP contribution in [-0.4, -0.2) is 31.0 Å². The zero-order chi connectivity index (χ0) is 17.7. The van der Waals surface area contributed by atoms with Crippen molar-refractivity contribution in [2.45, 2.75) is 18.8 Å². The number of para-hydroxylation sites is 1. The fraction of sp³-hybridized carbons (Fsp3) is 0.300. The van der Waals surface area contributed by atoms with Gasteiger partial charge in [0.2, 0.25) is 5.91 Å². The van der Waals surface area contributed by atoms with Crippen molar-refractivity contribution in [2.75, 3.05) is 20.1 Å². The Morgan fingerprint density at radius 3 is 2.52 bits per heavy atom. The number of carbonyl (C=O) groups is 1. The Balaban J connectivity index is 1.91. The molecule has 25 heavy (non-hydrogen) atoms. The van der Waals surface area contributed by atoms with Gasteiger partial charge in [0.15, 0.2) is 0 Å². The normalized spacial score (nSPS) is 13.5. The summed E-state index contributed by atoms with van der Waals surface area (Å²) in [5, 5.41) is 7.09. The summed E-state index contributed by atoms with van der Waals surface area (Å²) in [5.41, 5.74) is 1.35. The molecule has 130 valence electrons. The number of rotatable bonds is 7. The number of likely N-dealkylation sites (N-methyl/N-ethyl adjacent to an activating group) is 1. The molecule has 4 nitrogen and oxygen atoms in total. The average Bonchev–Trinajstić information content (AvgIpc) is 3.04. The Kier molecular flexibility index (Phi) is 5.46. The van der Waals surface area contributed by atoms with Crippen molar-refractivity contribution in [3.63, 3.8) is 0 Å². The van der Waals surface area contributed by atoms with Gasteiger partial charge in [-0.1, -0.05) is 42.5 Å². The average molecular weight is 353 g/mol. The molecule has 3 rings (SSSR count). The number of hydrogen-bond donors (Lipinski definition) is 2. The minimum Gasteiger partial charge on any atom is -0.354 e. The van der Waals surface area contributed by atoms with Gasteiger partial charge in [-0.15, -0.1) is 11.3 Å². The van der Waals surface area contributed by atoms with E-state index in [-0.39, 0.29) is 5.91 Å². The predicted molar refractivity (Wildman–Crippen MR) is 104 cm³/mol. The van der Waals surface area contributed by atoms with E-state index in [1.807, 2.05) is 62.5 Å². The molecular weight excluding hydrogens is 330 g/mol. The second-order valence-electron chi connectivity index (χ2n) is 6.31. The number of thiazole rings is 1. The first-order valence-corrected chi connectivity index (χ1v) is 9.28. The lowest BCUT2D eigenvalue weighted by atomic mass is 9.78. The number of fused-ring (bicyclic) bond motifs is 1. The van der Waals surface area contributed by atoms with Crippen LogP contribution in [0.5, 0.6) is 0 Å². The number of carbonyl (C=O) groups excluding carboxylic acids is 1. The fourth-order valence-electron chi connectivity index (χ4n) is 2.91. The maximum Gasteiger partial charge on any atom is 0.230 e. The van der Waals surface area contributed by atoms with Gasteiger partial charge in [-0.05, 0) is 31.7 Å². The number of nitrogens with zero attached hydrogens (tertiary/aromatic N) is 1. The smallest absolute Gasteiger partial charge is 0.230 e. The van der Waals surface area contributed by atoms with E-state index in [0.29, 0.717) is 13.0 Å². The van der Waals surface area contributed by atoms with E-state index in [1.165, 1.54) is 0 Å². The molecule has 0 fully saturated rings. The lowest BCUT2D eigenvalue weighted by Crippen LogP contribution is -2.45. The van der Waals surface area contributed by atoms with Crippen molar-refractivity contribution in [3.05, 3.63) is 65.2 Å². The van der Waals surface area contributed by atoms with Crippen molar-refractivity contribution < 1.29 is 4.79 Å². The molecule has 1 unspecified atom stereocenters. The number of hydrogen-bond acceptors (Lipinski definition) is 4. The van der Waals surface area contributed by atoms with Crippen LogP contribution < -0.4 is 10.6 Å². The van der Waals surface area contributed by atoms with Crippen LogP contribution in [0.3, 0.4) is 0 Å². The van der Waals surface area contributed by atoms with E-state index in [9.17, 15) is 4.79 Å². The van der Waals surface area contributed by atoms with Crippen molar-refractivity contribution >= 4 is 27.5 Å². The molecule has 1 heterocycles. The lowest BCUT2D eigenvalue weighted by molar-refractivity contribution is -0.126. The number of benzene rings is 2. The molecule has 5 heteroatoms. The Labute approximate surface area is 152 Å². The van der Waals surface area contributed by atoms with Gasteiger partial charge in [-0.3, -0.25) is 4.79 Å². The third-order valence-corrected chi connectivity index (χ3v) is 5.45. The summed E-state index contributed by atoms with van der Waals surface area (Å²) in [6, 6.07) is 18.1. The zero-order valence-electron chi connectivity index (χ0n) is 14.6. The van der Waals surface area contributed by atoms with E-state index in [0.717, 1.165) is 27.3 Å². The summed E-state index contributed by atoms with van der Waals surface area (Å²) in [4.78, 5) is 17.7. The number of nitrogens with one attached hydrogen (secondary N) is 2. The highest BCUT2D eigenvalue weighted by Crippen LogP contribution is 2.32. The number of amides is 1. The highest BCUT2D eigenvalue weighted by atomic mass is 32.1. The van der Waals surface area contributed by atoms with E-state index in [2.05, 4.69) is 16.7 Å². The van der Waals surface area contributed by atoms with Gasteiger partial charge in [-0.2, -0.15) is 0 Å². The van der Waals surface area contributed by atoms with Gasteiger partial charge < -0.3 is 10.6 Å². The molecule has 0 saturated heterocycles. The van der Waals surface area contributed by atoms with Crippen LogP contribution in [-0.2, 0) is 16.6 Å². The molecule has 0 saturated carbocycles. The standard InChI is InChI=1S/C20H23N3OS/c1-20(15-8-4-3-5-9-15,19(24)22-13-12-21-2)14-18-23-16-10-6-7-11-17(16)25-18/h3-11,21H,12-14H2,1-2H3,(H,22,24). The third kappa shape index (κ3) is 3.89. The Hall–Kier alpha value is -2.24. The highest BCUT2D eigenvalue weighted by molar-refractivity contribution is 7.18. The third-order valence-electron chi connectivity index (χ3n) is 4.42.